The van der Waals surface area contributed by atoms with Gasteiger partial charge in [0.1, 0.15) is 16.9 Å². The fourth-order valence-corrected chi connectivity index (χ4v) is 4.31. The van der Waals surface area contributed by atoms with Crippen LogP contribution in [0, 0.1) is 13.8 Å². The van der Waals surface area contributed by atoms with Gasteiger partial charge < -0.3 is 20.3 Å². The van der Waals surface area contributed by atoms with Crippen LogP contribution in [0.25, 0.3) is 11.0 Å². The van der Waals surface area contributed by atoms with Gasteiger partial charge in [0.25, 0.3) is 0 Å². The first-order valence-electron chi connectivity index (χ1n) is 11.2. The molecule has 2 aliphatic heterocycles. The second-order valence-electron chi connectivity index (χ2n) is 8.41. The number of hydrogen-bond donors (Lipinski definition) is 2. The van der Waals surface area contributed by atoms with Gasteiger partial charge >= 0.3 is 0 Å². The van der Waals surface area contributed by atoms with E-state index in [0.29, 0.717) is 6.54 Å². The monoisotopic (exact) mass is 422 g/mol. The van der Waals surface area contributed by atoms with Gasteiger partial charge in [-0.05, 0) is 50.8 Å². The maximum Gasteiger partial charge on any atom is 0.228 e. The topological polar surface area (TPSA) is 93.0 Å². The molecule has 0 spiro atoms. The maximum absolute atomic E-state index is 5.98. The Labute approximate surface area is 182 Å². The molecular formula is C22H30N8O. The molecule has 5 heterocycles. The molecule has 2 fully saturated rings. The first-order valence-corrected chi connectivity index (χ1v) is 11.2. The number of aromatic nitrogens is 5. The summed E-state index contributed by atoms with van der Waals surface area (Å²) in [4.78, 5) is 16.6. The Bertz CT molecular complexity index is 1050. The van der Waals surface area contributed by atoms with Gasteiger partial charge in [-0.2, -0.15) is 10.1 Å². The Hall–Kier alpha value is -2.78. The van der Waals surface area contributed by atoms with Crippen molar-refractivity contribution in [3.63, 3.8) is 0 Å². The van der Waals surface area contributed by atoms with Crippen molar-refractivity contribution >= 4 is 28.6 Å². The van der Waals surface area contributed by atoms with Gasteiger partial charge in [-0.15, -0.1) is 0 Å². The largest absolute Gasteiger partial charge is 0.376 e. The van der Waals surface area contributed by atoms with E-state index in [1.807, 2.05) is 29.9 Å². The van der Waals surface area contributed by atoms with Crippen molar-refractivity contribution in [3.8, 4) is 0 Å². The molecule has 1 atom stereocenters. The minimum Gasteiger partial charge on any atom is -0.376 e. The summed E-state index contributed by atoms with van der Waals surface area (Å²) in [6.45, 7) is 9.24. The molecule has 1 unspecified atom stereocenters. The lowest BCUT2D eigenvalue weighted by molar-refractivity contribution is 0.00471. The standard InChI is InChI=1S/C22H30N8O/c1-15-6-7-24-18(13-15)25-21-20-19(26-22(27-21)29-10-8-23-9-11-29)16(2)28-30(20)14-17-5-3-4-12-31-17/h6-7,13,17,23H,3-5,8-12,14H2,1-2H3,(H,24,25,26,27). The summed E-state index contributed by atoms with van der Waals surface area (Å²) in [6.07, 6.45) is 5.38. The average molecular weight is 423 g/mol. The zero-order valence-corrected chi connectivity index (χ0v) is 18.3. The van der Waals surface area contributed by atoms with Crippen LogP contribution >= 0.6 is 0 Å². The molecule has 0 amide bonds. The van der Waals surface area contributed by atoms with Gasteiger partial charge in [-0.1, -0.05) is 0 Å². The van der Waals surface area contributed by atoms with Crippen molar-refractivity contribution < 1.29 is 4.74 Å². The quantitative estimate of drug-likeness (QED) is 0.648. The predicted molar refractivity (Wildman–Crippen MR) is 121 cm³/mol. The molecule has 2 N–H and O–H groups in total. The molecule has 3 aromatic heterocycles. The summed E-state index contributed by atoms with van der Waals surface area (Å²) < 4.78 is 8.00. The summed E-state index contributed by atoms with van der Waals surface area (Å²) in [5.74, 6) is 2.25. The fourth-order valence-electron chi connectivity index (χ4n) is 4.31. The molecule has 3 aromatic rings. The Morgan fingerprint density at radius 2 is 2.06 bits per heavy atom. The number of aryl methyl sites for hydroxylation is 2. The van der Waals surface area contributed by atoms with E-state index in [2.05, 4.69) is 27.4 Å². The molecule has 9 nitrogen and oxygen atoms in total. The van der Waals surface area contributed by atoms with E-state index in [1.165, 1.54) is 6.42 Å². The van der Waals surface area contributed by atoms with Crippen molar-refractivity contribution in [1.82, 2.24) is 30.0 Å². The number of anilines is 3. The van der Waals surface area contributed by atoms with Crippen molar-refractivity contribution in [3.05, 3.63) is 29.6 Å². The SMILES string of the molecule is Cc1ccnc(Nc2nc(N3CCNCC3)nc3c(C)nn(CC4CCCCO4)c23)c1. The van der Waals surface area contributed by atoms with Gasteiger partial charge in [0.2, 0.25) is 5.95 Å². The Kier molecular flexibility index (Phi) is 5.69. The van der Waals surface area contributed by atoms with E-state index in [9.17, 15) is 0 Å². The third-order valence-electron chi connectivity index (χ3n) is 5.96. The van der Waals surface area contributed by atoms with Crippen LogP contribution in [-0.4, -0.2) is 63.6 Å². The van der Waals surface area contributed by atoms with Crippen LogP contribution in [0.1, 0.15) is 30.5 Å². The highest BCUT2D eigenvalue weighted by atomic mass is 16.5. The van der Waals surface area contributed by atoms with Crippen LogP contribution in [0.5, 0.6) is 0 Å². The van der Waals surface area contributed by atoms with Crippen molar-refractivity contribution in [1.29, 1.82) is 0 Å². The minimum absolute atomic E-state index is 0.175. The summed E-state index contributed by atoms with van der Waals surface area (Å²) in [7, 11) is 0. The van der Waals surface area contributed by atoms with E-state index in [1.54, 1.807) is 0 Å². The lowest BCUT2D eigenvalue weighted by Gasteiger charge is -2.28. The molecule has 0 radical (unpaired) electrons. The third-order valence-corrected chi connectivity index (χ3v) is 5.96. The van der Waals surface area contributed by atoms with Crippen LogP contribution in [-0.2, 0) is 11.3 Å². The first kappa shape index (κ1) is 20.1. The highest BCUT2D eigenvalue weighted by Gasteiger charge is 2.23. The molecule has 9 heteroatoms. The van der Waals surface area contributed by atoms with Crippen molar-refractivity contribution in [2.24, 2.45) is 0 Å². The lowest BCUT2D eigenvalue weighted by atomic mass is 10.1. The highest BCUT2D eigenvalue weighted by Crippen LogP contribution is 2.29. The highest BCUT2D eigenvalue weighted by molar-refractivity contribution is 5.90. The molecule has 2 saturated heterocycles. The average Bonchev–Trinajstić information content (AvgIpc) is 3.10. The number of piperazine rings is 1. The number of fused-ring (bicyclic) bond motifs is 1. The second-order valence-corrected chi connectivity index (χ2v) is 8.41. The smallest absolute Gasteiger partial charge is 0.228 e. The Morgan fingerprint density at radius 3 is 2.84 bits per heavy atom. The van der Waals surface area contributed by atoms with Crippen LogP contribution < -0.4 is 15.5 Å². The van der Waals surface area contributed by atoms with Gasteiger partial charge in [0, 0.05) is 39.0 Å². The molecule has 31 heavy (non-hydrogen) atoms. The van der Waals surface area contributed by atoms with Crippen LogP contribution in [0.15, 0.2) is 18.3 Å². The third kappa shape index (κ3) is 4.33. The summed E-state index contributed by atoms with van der Waals surface area (Å²) in [5.41, 5.74) is 3.85. The molecule has 0 aliphatic carbocycles. The van der Waals surface area contributed by atoms with Crippen LogP contribution in [0.4, 0.5) is 17.6 Å². The summed E-state index contributed by atoms with van der Waals surface area (Å²) in [5, 5.41) is 11.7. The fraction of sp³-hybridized carbons (Fsp3) is 0.545. The van der Waals surface area contributed by atoms with Crippen molar-refractivity contribution in [2.45, 2.75) is 45.8 Å². The molecule has 0 bridgehead atoms. The van der Waals surface area contributed by atoms with E-state index in [0.717, 1.165) is 85.5 Å². The lowest BCUT2D eigenvalue weighted by Crippen LogP contribution is -2.44. The Morgan fingerprint density at radius 1 is 1.19 bits per heavy atom. The number of hydrogen-bond acceptors (Lipinski definition) is 8. The molecular weight excluding hydrogens is 392 g/mol. The van der Waals surface area contributed by atoms with Gasteiger partial charge in [0.15, 0.2) is 5.82 Å². The number of rotatable bonds is 5. The van der Waals surface area contributed by atoms with E-state index in [4.69, 9.17) is 19.8 Å². The van der Waals surface area contributed by atoms with Gasteiger partial charge in [-0.25, -0.2) is 9.97 Å². The molecule has 0 saturated carbocycles. The van der Waals surface area contributed by atoms with Gasteiger partial charge in [0.05, 0.1) is 18.3 Å². The molecule has 2 aliphatic rings. The number of nitrogens with one attached hydrogen (secondary N) is 2. The Balaban J connectivity index is 1.58. The zero-order chi connectivity index (χ0) is 21.2. The predicted octanol–water partition coefficient (Wildman–Crippen LogP) is 2.56. The van der Waals surface area contributed by atoms with E-state index in [-0.39, 0.29) is 6.10 Å². The normalized spacial score (nSPS) is 19.7. The van der Waals surface area contributed by atoms with Crippen LogP contribution in [0.2, 0.25) is 0 Å². The van der Waals surface area contributed by atoms with E-state index < -0.39 is 0 Å². The maximum atomic E-state index is 5.98. The molecule has 164 valence electrons. The van der Waals surface area contributed by atoms with Crippen molar-refractivity contribution in [2.75, 3.05) is 43.0 Å². The number of ether oxygens (including phenoxy) is 1. The molecule has 5 rings (SSSR count). The minimum atomic E-state index is 0.175. The first-order chi connectivity index (χ1) is 15.2. The molecule has 0 aromatic carbocycles. The summed E-state index contributed by atoms with van der Waals surface area (Å²) in [6, 6.07) is 4.01. The second kappa shape index (κ2) is 8.76. The van der Waals surface area contributed by atoms with Crippen LogP contribution in [0.3, 0.4) is 0 Å². The van der Waals surface area contributed by atoms with E-state index >= 15 is 0 Å². The number of pyridine rings is 1. The number of nitrogens with zero attached hydrogens (tertiary/aromatic N) is 6. The zero-order valence-electron chi connectivity index (χ0n) is 18.3. The summed E-state index contributed by atoms with van der Waals surface area (Å²) >= 11 is 0. The van der Waals surface area contributed by atoms with Gasteiger partial charge in [-0.3, -0.25) is 4.68 Å².